The molecule has 0 aliphatic rings. The molecule has 0 radical (unpaired) electrons. The van der Waals surface area contributed by atoms with Gasteiger partial charge in [-0.15, -0.1) is 11.3 Å². The molecule has 0 unspecified atom stereocenters. The van der Waals surface area contributed by atoms with Gasteiger partial charge in [0.25, 0.3) is 15.9 Å². The number of amides is 1. The maximum Gasteiger partial charge on any atom is 0.261 e. The molecule has 0 bridgehead atoms. The van der Waals surface area contributed by atoms with Gasteiger partial charge in [0.15, 0.2) is 0 Å². The molecule has 1 N–H and O–H groups in total. The molecule has 1 aromatic heterocycles. The van der Waals surface area contributed by atoms with Crippen LogP contribution in [0.2, 0.25) is 0 Å². The van der Waals surface area contributed by atoms with Gasteiger partial charge in [-0.3, -0.25) is 9.52 Å². The lowest BCUT2D eigenvalue weighted by atomic mass is 10.1. The summed E-state index contributed by atoms with van der Waals surface area (Å²) in [5.74, 6) is -0.0792. The number of anilines is 1. The van der Waals surface area contributed by atoms with Crippen molar-refractivity contribution in [2.75, 3.05) is 11.3 Å². The average molecular weight is 429 g/mol. The van der Waals surface area contributed by atoms with Crippen molar-refractivity contribution in [1.29, 1.82) is 0 Å². The Kier molecular flexibility index (Phi) is 6.39. The van der Waals surface area contributed by atoms with Crippen molar-refractivity contribution in [2.45, 2.75) is 32.2 Å². The van der Waals surface area contributed by atoms with E-state index in [1.165, 1.54) is 0 Å². The molecule has 0 saturated heterocycles. The molecule has 0 fully saturated rings. The van der Waals surface area contributed by atoms with Gasteiger partial charge in [0.1, 0.15) is 0 Å². The summed E-state index contributed by atoms with van der Waals surface area (Å²) in [6.07, 6.45) is 0. The minimum Gasteiger partial charge on any atom is -0.334 e. The van der Waals surface area contributed by atoms with Crippen LogP contribution in [0.1, 0.15) is 33.3 Å². The molecular formula is C22H24N2O3S2. The Labute approximate surface area is 176 Å². The number of hydrogen-bond donors (Lipinski definition) is 1. The minimum absolute atomic E-state index is 0.0792. The van der Waals surface area contributed by atoms with E-state index in [0.29, 0.717) is 24.3 Å². The number of sulfonamides is 1. The van der Waals surface area contributed by atoms with E-state index in [9.17, 15) is 13.2 Å². The molecule has 0 spiro atoms. The number of rotatable bonds is 7. The first kappa shape index (κ1) is 21.1. The fourth-order valence-electron chi connectivity index (χ4n) is 2.88. The van der Waals surface area contributed by atoms with Crippen LogP contribution < -0.4 is 4.72 Å². The normalized spacial score (nSPS) is 11.3. The Morgan fingerprint density at radius 1 is 1.03 bits per heavy atom. The van der Waals surface area contributed by atoms with E-state index < -0.39 is 10.0 Å². The Morgan fingerprint density at radius 3 is 2.34 bits per heavy atom. The van der Waals surface area contributed by atoms with Gasteiger partial charge in [-0.05, 0) is 79.7 Å². The van der Waals surface area contributed by atoms with Gasteiger partial charge in [0.05, 0.1) is 11.4 Å². The maximum absolute atomic E-state index is 12.8. The Bertz CT molecular complexity index is 1090. The van der Waals surface area contributed by atoms with Crippen LogP contribution in [0, 0.1) is 13.8 Å². The monoisotopic (exact) mass is 428 g/mol. The summed E-state index contributed by atoms with van der Waals surface area (Å²) in [6.45, 7) is 6.92. The molecule has 2 aromatic carbocycles. The van der Waals surface area contributed by atoms with E-state index >= 15 is 0 Å². The Hall–Kier alpha value is -2.64. The van der Waals surface area contributed by atoms with Crippen LogP contribution in [0.15, 0.2) is 64.9 Å². The van der Waals surface area contributed by atoms with Gasteiger partial charge in [-0.25, -0.2) is 8.42 Å². The van der Waals surface area contributed by atoms with E-state index in [1.807, 2.05) is 38.3 Å². The summed E-state index contributed by atoms with van der Waals surface area (Å²) >= 11 is 1.62. The fraction of sp³-hybridized carbons (Fsp3) is 0.227. The van der Waals surface area contributed by atoms with Gasteiger partial charge in [-0.2, -0.15) is 0 Å². The summed E-state index contributed by atoms with van der Waals surface area (Å²) in [7, 11) is -3.68. The summed E-state index contributed by atoms with van der Waals surface area (Å²) < 4.78 is 27.8. The zero-order chi connectivity index (χ0) is 21.0. The first-order chi connectivity index (χ1) is 13.8. The number of aryl methyl sites for hydroxylation is 2. The van der Waals surface area contributed by atoms with Crippen LogP contribution in [0.5, 0.6) is 0 Å². The van der Waals surface area contributed by atoms with Crippen LogP contribution in [-0.2, 0) is 16.6 Å². The van der Waals surface area contributed by atoms with Crippen molar-refractivity contribution in [1.82, 2.24) is 4.90 Å². The molecule has 1 amide bonds. The van der Waals surface area contributed by atoms with E-state index in [0.717, 1.165) is 16.0 Å². The SMILES string of the molecule is CCN(Cc1cccs1)C(=O)c1ccc(NS(=O)(=O)c2ccc(C)c(C)c2)cc1. The molecule has 0 aliphatic heterocycles. The van der Waals surface area contributed by atoms with Crippen molar-refractivity contribution in [2.24, 2.45) is 0 Å². The minimum atomic E-state index is -3.68. The fourth-order valence-corrected chi connectivity index (χ4v) is 4.74. The molecule has 3 rings (SSSR count). The topological polar surface area (TPSA) is 66.5 Å². The Morgan fingerprint density at radius 2 is 1.76 bits per heavy atom. The summed E-state index contributed by atoms with van der Waals surface area (Å²) in [6, 6.07) is 15.5. The Balaban J connectivity index is 1.73. The van der Waals surface area contributed by atoms with Crippen LogP contribution in [0.4, 0.5) is 5.69 Å². The van der Waals surface area contributed by atoms with Crippen LogP contribution in [0.25, 0.3) is 0 Å². The highest BCUT2D eigenvalue weighted by atomic mass is 32.2. The number of benzene rings is 2. The van der Waals surface area contributed by atoms with E-state index in [4.69, 9.17) is 0 Å². The molecule has 3 aromatic rings. The number of hydrogen-bond acceptors (Lipinski definition) is 4. The highest BCUT2D eigenvalue weighted by molar-refractivity contribution is 7.92. The highest BCUT2D eigenvalue weighted by Gasteiger charge is 2.17. The van der Waals surface area contributed by atoms with Crippen LogP contribution in [-0.4, -0.2) is 25.8 Å². The maximum atomic E-state index is 12.8. The van der Waals surface area contributed by atoms with Gasteiger partial charge < -0.3 is 4.90 Å². The standard InChI is InChI=1S/C22H24N2O3S2/c1-4-24(15-20-6-5-13-28-20)22(25)18-8-10-19(11-9-18)23-29(26,27)21-12-7-16(2)17(3)14-21/h5-14,23H,4,15H2,1-3H3. The zero-order valence-corrected chi connectivity index (χ0v) is 18.3. The number of nitrogens with one attached hydrogen (secondary N) is 1. The molecular weight excluding hydrogens is 404 g/mol. The molecule has 152 valence electrons. The average Bonchev–Trinajstić information content (AvgIpc) is 3.21. The molecule has 1 heterocycles. The summed E-state index contributed by atoms with van der Waals surface area (Å²) in [5, 5.41) is 1.99. The van der Waals surface area contributed by atoms with Crippen molar-refractivity contribution < 1.29 is 13.2 Å². The second-order valence-electron chi connectivity index (χ2n) is 6.83. The predicted molar refractivity (Wildman–Crippen MR) is 118 cm³/mol. The number of carbonyl (C=O) groups is 1. The second-order valence-corrected chi connectivity index (χ2v) is 9.54. The van der Waals surface area contributed by atoms with Gasteiger partial charge in [0.2, 0.25) is 0 Å². The number of thiophene rings is 1. The third-order valence-corrected chi connectivity index (χ3v) is 7.01. The van der Waals surface area contributed by atoms with Crippen LogP contribution in [0.3, 0.4) is 0 Å². The van der Waals surface area contributed by atoms with Gasteiger partial charge >= 0.3 is 0 Å². The summed E-state index contributed by atoms with van der Waals surface area (Å²) in [4.78, 5) is 15.9. The molecule has 7 heteroatoms. The third-order valence-electron chi connectivity index (χ3n) is 4.77. The molecule has 0 aliphatic carbocycles. The molecule has 5 nitrogen and oxygen atoms in total. The molecule has 29 heavy (non-hydrogen) atoms. The lowest BCUT2D eigenvalue weighted by molar-refractivity contribution is 0.0754. The first-order valence-corrected chi connectivity index (χ1v) is 11.7. The lowest BCUT2D eigenvalue weighted by Gasteiger charge is -2.20. The van der Waals surface area contributed by atoms with Gasteiger partial charge in [0, 0.05) is 22.7 Å². The lowest BCUT2D eigenvalue weighted by Crippen LogP contribution is -2.29. The van der Waals surface area contributed by atoms with Crippen LogP contribution >= 0.6 is 11.3 Å². The van der Waals surface area contributed by atoms with Crippen molar-refractivity contribution in [3.05, 3.63) is 81.5 Å². The van der Waals surface area contributed by atoms with Gasteiger partial charge in [-0.1, -0.05) is 12.1 Å². The third kappa shape index (κ3) is 5.05. The van der Waals surface area contributed by atoms with Crippen molar-refractivity contribution >= 4 is 33.0 Å². The van der Waals surface area contributed by atoms with Crippen molar-refractivity contribution in [3.8, 4) is 0 Å². The quantitative estimate of drug-likeness (QED) is 0.586. The van der Waals surface area contributed by atoms with E-state index in [2.05, 4.69) is 4.72 Å². The zero-order valence-electron chi connectivity index (χ0n) is 16.7. The first-order valence-electron chi connectivity index (χ1n) is 9.32. The smallest absolute Gasteiger partial charge is 0.261 e. The van der Waals surface area contributed by atoms with E-state index in [-0.39, 0.29) is 10.8 Å². The predicted octanol–water partition coefficient (Wildman–Crippen LogP) is 4.83. The molecule has 0 atom stereocenters. The summed E-state index contributed by atoms with van der Waals surface area (Å²) in [5.41, 5.74) is 2.90. The highest BCUT2D eigenvalue weighted by Crippen LogP contribution is 2.20. The van der Waals surface area contributed by atoms with Crippen molar-refractivity contribution in [3.63, 3.8) is 0 Å². The molecule has 0 saturated carbocycles. The van der Waals surface area contributed by atoms with E-state index in [1.54, 1.807) is 58.7 Å². The number of nitrogens with zero attached hydrogens (tertiary/aromatic N) is 1. The largest absolute Gasteiger partial charge is 0.334 e. The second kappa shape index (κ2) is 8.80. The number of carbonyl (C=O) groups excluding carboxylic acids is 1.